The SMILES string of the molecule is COc1cc(C(=O)N2CCN(C)CC2)c(Br)c(OC)c1OC. The minimum absolute atomic E-state index is 0.0424. The number of carbonyl (C=O) groups excluding carboxylic acids is 1. The topological polar surface area (TPSA) is 51.2 Å². The number of nitrogens with zero attached hydrogens (tertiary/aromatic N) is 2. The van der Waals surface area contributed by atoms with Gasteiger partial charge in [-0.15, -0.1) is 0 Å². The maximum atomic E-state index is 12.8. The van der Waals surface area contributed by atoms with Crippen LogP contribution in [0.15, 0.2) is 10.5 Å². The number of halogens is 1. The lowest BCUT2D eigenvalue weighted by Gasteiger charge is -2.32. The zero-order valence-corrected chi connectivity index (χ0v) is 14.9. The molecule has 1 aromatic carbocycles. The van der Waals surface area contributed by atoms with E-state index in [0.29, 0.717) is 40.4 Å². The van der Waals surface area contributed by atoms with Crippen molar-refractivity contribution in [1.29, 1.82) is 0 Å². The van der Waals surface area contributed by atoms with Gasteiger partial charge in [-0.3, -0.25) is 4.79 Å². The highest BCUT2D eigenvalue weighted by Gasteiger charge is 2.27. The van der Waals surface area contributed by atoms with Gasteiger partial charge in [0.2, 0.25) is 5.75 Å². The highest BCUT2D eigenvalue weighted by molar-refractivity contribution is 9.10. The van der Waals surface area contributed by atoms with Crippen molar-refractivity contribution in [2.45, 2.75) is 0 Å². The lowest BCUT2D eigenvalue weighted by molar-refractivity contribution is 0.0662. The van der Waals surface area contributed by atoms with E-state index in [1.165, 1.54) is 21.3 Å². The maximum Gasteiger partial charge on any atom is 0.255 e. The van der Waals surface area contributed by atoms with Crippen molar-refractivity contribution in [1.82, 2.24) is 9.80 Å². The first kappa shape index (κ1) is 16.9. The van der Waals surface area contributed by atoms with E-state index >= 15 is 0 Å². The molecule has 0 unspecified atom stereocenters. The van der Waals surface area contributed by atoms with Crippen LogP contribution in [-0.4, -0.2) is 70.3 Å². The quantitative estimate of drug-likeness (QED) is 0.807. The molecule has 122 valence electrons. The Morgan fingerprint density at radius 3 is 2.14 bits per heavy atom. The number of ether oxygens (including phenoxy) is 3. The Morgan fingerprint density at radius 1 is 1.05 bits per heavy atom. The summed E-state index contributed by atoms with van der Waals surface area (Å²) in [5, 5.41) is 0. The smallest absolute Gasteiger partial charge is 0.255 e. The van der Waals surface area contributed by atoms with E-state index in [9.17, 15) is 4.79 Å². The number of hydrogen-bond acceptors (Lipinski definition) is 5. The van der Waals surface area contributed by atoms with Crippen LogP contribution in [0.3, 0.4) is 0 Å². The first-order valence-corrected chi connectivity index (χ1v) is 7.79. The second-order valence-electron chi connectivity index (χ2n) is 5.10. The average Bonchev–Trinajstić information content (AvgIpc) is 2.54. The highest BCUT2D eigenvalue weighted by atomic mass is 79.9. The molecule has 0 N–H and O–H groups in total. The fraction of sp³-hybridized carbons (Fsp3) is 0.533. The molecule has 0 spiro atoms. The first-order valence-electron chi connectivity index (χ1n) is 6.99. The molecule has 0 radical (unpaired) electrons. The van der Waals surface area contributed by atoms with Gasteiger partial charge in [-0.25, -0.2) is 0 Å². The summed E-state index contributed by atoms with van der Waals surface area (Å²) in [6.07, 6.45) is 0. The number of likely N-dealkylation sites (N-methyl/N-ethyl adjacent to an activating group) is 1. The molecule has 1 aliphatic heterocycles. The van der Waals surface area contributed by atoms with Crippen LogP contribution in [0.25, 0.3) is 0 Å². The van der Waals surface area contributed by atoms with Crippen LogP contribution in [0.2, 0.25) is 0 Å². The number of piperazine rings is 1. The molecule has 22 heavy (non-hydrogen) atoms. The number of hydrogen-bond donors (Lipinski definition) is 0. The fourth-order valence-electron chi connectivity index (χ4n) is 2.46. The van der Waals surface area contributed by atoms with Crippen LogP contribution in [0, 0.1) is 0 Å². The number of methoxy groups -OCH3 is 3. The third kappa shape index (κ3) is 3.15. The predicted molar refractivity (Wildman–Crippen MR) is 87.2 cm³/mol. The Balaban J connectivity index is 2.40. The zero-order valence-electron chi connectivity index (χ0n) is 13.3. The number of amides is 1. The third-order valence-corrected chi connectivity index (χ3v) is 4.58. The molecule has 1 amide bonds. The molecular weight excluding hydrogens is 352 g/mol. The minimum atomic E-state index is -0.0424. The van der Waals surface area contributed by atoms with Crippen LogP contribution < -0.4 is 14.2 Å². The van der Waals surface area contributed by atoms with Gasteiger partial charge in [0.15, 0.2) is 11.5 Å². The second-order valence-corrected chi connectivity index (χ2v) is 5.90. The molecular formula is C15H21BrN2O4. The molecule has 0 saturated carbocycles. The molecule has 1 saturated heterocycles. The van der Waals surface area contributed by atoms with E-state index in [1.807, 2.05) is 4.90 Å². The lowest BCUT2D eigenvalue weighted by Crippen LogP contribution is -2.47. The number of carbonyl (C=O) groups is 1. The zero-order chi connectivity index (χ0) is 16.3. The van der Waals surface area contributed by atoms with Crippen molar-refractivity contribution >= 4 is 21.8 Å². The maximum absolute atomic E-state index is 12.8. The molecule has 0 atom stereocenters. The Morgan fingerprint density at radius 2 is 1.64 bits per heavy atom. The molecule has 0 bridgehead atoms. The van der Waals surface area contributed by atoms with Gasteiger partial charge in [0.05, 0.1) is 31.4 Å². The van der Waals surface area contributed by atoms with Crippen LogP contribution in [0.5, 0.6) is 17.2 Å². The van der Waals surface area contributed by atoms with Gasteiger partial charge >= 0.3 is 0 Å². The van der Waals surface area contributed by atoms with Gasteiger partial charge in [0.1, 0.15) is 0 Å². The van der Waals surface area contributed by atoms with E-state index in [1.54, 1.807) is 6.07 Å². The van der Waals surface area contributed by atoms with Crippen LogP contribution in [0.4, 0.5) is 0 Å². The number of rotatable bonds is 4. The van der Waals surface area contributed by atoms with E-state index in [4.69, 9.17) is 14.2 Å². The molecule has 1 fully saturated rings. The van der Waals surface area contributed by atoms with Crippen molar-refractivity contribution in [2.75, 3.05) is 54.6 Å². The first-order chi connectivity index (χ1) is 10.5. The largest absolute Gasteiger partial charge is 0.493 e. The van der Waals surface area contributed by atoms with Gasteiger partial charge in [0, 0.05) is 26.2 Å². The van der Waals surface area contributed by atoms with Crippen molar-refractivity contribution in [3.63, 3.8) is 0 Å². The van der Waals surface area contributed by atoms with Crippen LogP contribution >= 0.6 is 15.9 Å². The molecule has 1 heterocycles. The van der Waals surface area contributed by atoms with E-state index in [-0.39, 0.29) is 5.91 Å². The van der Waals surface area contributed by atoms with Gasteiger partial charge in [-0.05, 0) is 29.0 Å². The summed E-state index contributed by atoms with van der Waals surface area (Å²) in [4.78, 5) is 16.8. The second kappa shape index (κ2) is 7.19. The molecule has 7 heteroatoms. The average molecular weight is 373 g/mol. The third-order valence-electron chi connectivity index (χ3n) is 3.79. The van der Waals surface area contributed by atoms with Gasteiger partial charge in [-0.1, -0.05) is 0 Å². The number of benzene rings is 1. The summed E-state index contributed by atoms with van der Waals surface area (Å²) in [5.74, 6) is 1.35. The summed E-state index contributed by atoms with van der Waals surface area (Å²) in [7, 11) is 6.66. The highest BCUT2D eigenvalue weighted by Crippen LogP contribution is 2.45. The molecule has 6 nitrogen and oxygen atoms in total. The molecule has 0 aliphatic carbocycles. The standard InChI is InChI=1S/C15H21BrN2O4/c1-17-5-7-18(8-6-17)15(19)10-9-11(20-2)13(21-3)14(22-4)12(10)16/h9H,5-8H2,1-4H3. The van der Waals surface area contributed by atoms with Gasteiger partial charge in [0.25, 0.3) is 5.91 Å². The Labute approximate surface area is 139 Å². The van der Waals surface area contributed by atoms with E-state index < -0.39 is 0 Å². The Kier molecular flexibility index (Phi) is 5.52. The monoisotopic (exact) mass is 372 g/mol. The molecule has 0 aromatic heterocycles. The Hall–Kier alpha value is -1.47. The van der Waals surface area contributed by atoms with Crippen molar-refractivity contribution in [3.8, 4) is 17.2 Å². The lowest BCUT2D eigenvalue weighted by atomic mass is 10.1. The molecule has 1 aliphatic rings. The van der Waals surface area contributed by atoms with Gasteiger partial charge in [-0.2, -0.15) is 0 Å². The minimum Gasteiger partial charge on any atom is -0.493 e. The Bertz CT molecular complexity index is 557. The van der Waals surface area contributed by atoms with Crippen LogP contribution in [-0.2, 0) is 0 Å². The van der Waals surface area contributed by atoms with Gasteiger partial charge < -0.3 is 24.0 Å². The normalized spacial score (nSPS) is 15.6. The summed E-state index contributed by atoms with van der Waals surface area (Å²) in [6.45, 7) is 3.15. The van der Waals surface area contributed by atoms with Crippen molar-refractivity contribution < 1.29 is 19.0 Å². The summed E-state index contributed by atoms with van der Waals surface area (Å²) < 4.78 is 16.6. The van der Waals surface area contributed by atoms with Crippen LogP contribution in [0.1, 0.15) is 10.4 Å². The van der Waals surface area contributed by atoms with Crippen molar-refractivity contribution in [3.05, 3.63) is 16.1 Å². The summed E-state index contributed by atoms with van der Waals surface area (Å²) >= 11 is 3.46. The van der Waals surface area contributed by atoms with Crippen molar-refractivity contribution in [2.24, 2.45) is 0 Å². The van der Waals surface area contributed by atoms with E-state index in [0.717, 1.165) is 13.1 Å². The van der Waals surface area contributed by atoms with E-state index in [2.05, 4.69) is 27.9 Å². The molecule has 1 aromatic rings. The predicted octanol–water partition coefficient (Wildman–Crippen LogP) is 1.86. The fourth-order valence-corrected chi connectivity index (χ4v) is 3.08. The summed E-state index contributed by atoms with van der Waals surface area (Å²) in [5.41, 5.74) is 0.513. The molecule has 2 rings (SSSR count). The summed E-state index contributed by atoms with van der Waals surface area (Å²) in [6, 6.07) is 1.69.